The number of aliphatic carboxylic acids is 1. The molecule has 1 fully saturated rings. The summed E-state index contributed by atoms with van der Waals surface area (Å²) in [6.07, 6.45) is 1.95. The first-order valence-electron chi connectivity index (χ1n) is 4.42. The molecule has 0 spiro atoms. The Morgan fingerprint density at radius 2 is 2.00 bits per heavy atom. The van der Waals surface area contributed by atoms with Crippen molar-refractivity contribution in [2.24, 2.45) is 5.92 Å². The Kier molecular flexibility index (Phi) is 3.30. The molecule has 1 aliphatic rings. The zero-order chi connectivity index (χ0) is 9.90. The average molecular weight is 206 g/mol. The summed E-state index contributed by atoms with van der Waals surface area (Å²) in [6.45, 7) is 0. The third kappa shape index (κ3) is 3.76. The molecule has 0 aromatic heterocycles. The van der Waals surface area contributed by atoms with Crippen molar-refractivity contribution >= 4 is 15.8 Å². The Labute approximate surface area is 77.9 Å². The lowest BCUT2D eigenvalue weighted by atomic mass is 9.97. The second-order valence-electron chi connectivity index (χ2n) is 3.55. The Bertz CT molecular complexity index is 281. The van der Waals surface area contributed by atoms with Crippen molar-refractivity contribution in [3.05, 3.63) is 0 Å². The van der Waals surface area contributed by atoms with E-state index in [-0.39, 0.29) is 23.8 Å². The van der Waals surface area contributed by atoms with Crippen LogP contribution in [0.5, 0.6) is 0 Å². The van der Waals surface area contributed by atoms with E-state index in [0.717, 1.165) is 6.42 Å². The second-order valence-corrected chi connectivity index (χ2v) is 5.85. The lowest BCUT2D eigenvalue weighted by molar-refractivity contribution is -0.138. The summed E-state index contributed by atoms with van der Waals surface area (Å²) in [5, 5.41) is 8.54. The minimum atomic E-state index is -2.88. The molecule has 76 valence electrons. The third-order valence-corrected chi connectivity index (χ3v) is 4.14. The van der Waals surface area contributed by atoms with E-state index in [1.54, 1.807) is 0 Å². The number of rotatable bonds is 2. The van der Waals surface area contributed by atoms with E-state index in [0.29, 0.717) is 12.8 Å². The highest BCUT2D eigenvalue weighted by molar-refractivity contribution is 7.91. The highest BCUT2D eigenvalue weighted by Gasteiger charge is 2.22. The summed E-state index contributed by atoms with van der Waals surface area (Å²) in [5.74, 6) is -0.396. The molecule has 1 atom stereocenters. The van der Waals surface area contributed by atoms with Crippen molar-refractivity contribution in [3.63, 3.8) is 0 Å². The molecule has 0 amide bonds. The molecule has 0 saturated carbocycles. The van der Waals surface area contributed by atoms with E-state index >= 15 is 0 Å². The van der Waals surface area contributed by atoms with Gasteiger partial charge in [-0.15, -0.1) is 0 Å². The number of sulfone groups is 1. The van der Waals surface area contributed by atoms with Gasteiger partial charge in [-0.3, -0.25) is 4.79 Å². The molecule has 0 radical (unpaired) electrons. The van der Waals surface area contributed by atoms with Gasteiger partial charge in [-0.2, -0.15) is 0 Å². The molecule has 4 nitrogen and oxygen atoms in total. The summed E-state index contributed by atoms with van der Waals surface area (Å²) in [5.41, 5.74) is 0. The molecular formula is C8H14O4S. The minimum Gasteiger partial charge on any atom is -0.481 e. The highest BCUT2D eigenvalue weighted by atomic mass is 32.2. The zero-order valence-corrected chi connectivity index (χ0v) is 8.22. The lowest BCUT2D eigenvalue weighted by Crippen LogP contribution is -2.10. The molecule has 5 heteroatoms. The van der Waals surface area contributed by atoms with Crippen LogP contribution in [0, 0.1) is 5.92 Å². The summed E-state index contributed by atoms with van der Waals surface area (Å²) in [7, 11) is -2.88. The molecule has 0 aromatic carbocycles. The molecule has 0 aliphatic carbocycles. The Morgan fingerprint density at radius 3 is 2.62 bits per heavy atom. The first-order chi connectivity index (χ1) is 5.99. The van der Waals surface area contributed by atoms with Crippen LogP contribution in [0.15, 0.2) is 0 Å². The molecule has 13 heavy (non-hydrogen) atoms. The van der Waals surface area contributed by atoms with Crippen LogP contribution in [0.25, 0.3) is 0 Å². The van der Waals surface area contributed by atoms with E-state index in [1.165, 1.54) is 0 Å². The van der Waals surface area contributed by atoms with Crippen molar-refractivity contribution in [1.29, 1.82) is 0 Å². The van der Waals surface area contributed by atoms with Gasteiger partial charge in [-0.05, 0) is 25.2 Å². The van der Waals surface area contributed by atoms with Crippen molar-refractivity contribution in [3.8, 4) is 0 Å². The number of hydrogen-bond acceptors (Lipinski definition) is 3. The first kappa shape index (κ1) is 10.5. The van der Waals surface area contributed by atoms with Gasteiger partial charge in [0, 0.05) is 6.42 Å². The predicted molar refractivity (Wildman–Crippen MR) is 48.2 cm³/mol. The summed E-state index contributed by atoms with van der Waals surface area (Å²) >= 11 is 0. The van der Waals surface area contributed by atoms with Crippen LogP contribution in [0.1, 0.15) is 25.7 Å². The van der Waals surface area contributed by atoms with Crippen LogP contribution in [-0.2, 0) is 14.6 Å². The van der Waals surface area contributed by atoms with Crippen LogP contribution in [0.4, 0.5) is 0 Å². The van der Waals surface area contributed by atoms with E-state index in [4.69, 9.17) is 5.11 Å². The standard InChI is InChI=1S/C8H14O4S/c9-8(10)6-7-2-1-4-13(11,12)5-3-7/h7H,1-6H2,(H,9,10). The first-order valence-corrected chi connectivity index (χ1v) is 6.24. The van der Waals surface area contributed by atoms with Crippen LogP contribution in [0.2, 0.25) is 0 Å². The number of carboxylic acids is 1. The molecule has 1 unspecified atom stereocenters. The van der Waals surface area contributed by atoms with Crippen molar-refractivity contribution in [2.45, 2.75) is 25.7 Å². The zero-order valence-electron chi connectivity index (χ0n) is 7.40. The topological polar surface area (TPSA) is 71.4 Å². The molecule has 0 bridgehead atoms. The molecule has 0 aromatic rings. The van der Waals surface area contributed by atoms with E-state index in [2.05, 4.69) is 0 Å². The van der Waals surface area contributed by atoms with E-state index < -0.39 is 15.8 Å². The fourth-order valence-corrected chi connectivity index (χ4v) is 3.14. The third-order valence-electron chi connectivity index (χ3n) is 2.37. The number of carboxylic acid groups (broad SMARTS) is 1. The van der Waals surface area contributed by atoms with Gasteiger partial charge in [0.15, 0.2) is 0 Å². The summed E-state index contributed by atoms with van der Waals surface area (Å²) < 4.78 is 22.3. The highest BCUT2D eigenvalue weighted by Crippen LogP contribution is 2.21. The molecule has 1 rings (SSSR count). The normalized spacial score (nSPS) is 27.8. The van der Waals surface area contributed by atoms with E-state index in [1.807, 2.05) is 0 Å². The Hall–Kier alpha value is -0.580. The molecule has 1 aliphatic heterocycles. The largest absolute Gasteiger partial charge is 0.481 e. The predicted octanol–water partition coefficient (Wildman–Crippen LogP) is 0.676. The van der Waals surface area contributed by atoms with Crippen molar-refractivity contribution in [2.75, 3.05) is 11.5 Å². The van der Waals surface area contributed by atoms with Crippen LogP contribution >= 0.6 is 0 Å². The minimum absolute atomic E-state index is 0.0507. The Balaban J connectivity index is 2.50. The molecule has 1 saturated heterocycles. The fraction of sp³-hybridized carbons (Fsp3) is 0.875. The van der Waals surface area contributed by atoms with Crippen LogP contribution < -0.4 is 0 Å². The summed E-state index contributed by atoms with van der Waals surface area (Å²) in [6, 6.07) is 0. The SMILES string of the molecule is O=C(O)CC1CCCS(=O)(=O)CC1. The van der Waals surface area contributed by atoms with Gasteiger partial charge in [0.2, 0.25) is 0 Å². The van der Waals surface area contributed by atoms with Crippen molar-refractivity contribution < 1.29 is 18.3 Å². The van der Waals surface area contributed by atoms with Gasteiger partial charge in [0.25, 0.3) is 0 Å². The maximum atomic E-state index is 11.2. The van der Waals surface area contributed by atoms with Gasteiger partial charge in [0.05, 0.1) is 11.5 Å². The van der Waals surface area contributed by atoms with Gasteiger partial charge in [0.1, 0.15) is 9.84 Å². The molecular weight excluding hydrogens is 192 g/mol. The van der Waals surface area contributed by atoms with Gasteiger partial charge >= 0.3 is 5.97 Å². The monoisotopic (exact) mass is 206 g/mol. The maximum Gasteiger partial charge on any atom is 0.303 e. The quantitative estimate of drug-likeness (QED) is 0.721. The Morgan fingerprint density at radius 1 is 1.31 bits per heavy atom. The smallest absolute Gasteiger partial charge is 0.303 e. The lowest BCUT2D eigenvalue weighted by Gasteiger charge is -2.08. The van der Waals surface area contributed by atoms with Crippen LogP contribution in [0.3, 0.4) is 0 Å². The van der Waals surface area contributed by atoms with Crippen LogP contribution in [-0.4, -0.2) is 31.0 Å². The molecule has 1 N–H and O–H groups in total. The molecule has 1 heterocycles. The number of hydrogen-bond donors (Lipinski definition) is 1. The van der Waals surface area contributed by atoms with E-state index in [9.17, 15) is 13.2 Å². The summed E-state index contributed by atoms with van der Waals surface area (Å²) in [4.78, 5) is 10.4. The van der Waals surface area contributed by atoms with Gasteiger partial charge in [-0.25, -0.2) is 8.42 Å². The second kappa shape index (κ2) is 4.09. The van der Waals surface area contributed by atoms with Gasteiger partial charge < -0.3 is 5.11 Å². The van der Waals surface area contributed by atoms with Gasteiger partial charge in [-0.1, -0.05) is 0 Å². The maximum absolute atomic E-state index is 11.2. The number of carbonyl (C=O) groups is 1. The fourth-order valence-electron chi connectivity index (χ4n) is 1.64. The van der Waals surface area contributed by atoms with Crippen molar-refractivity contribution in [1.82, 2.24) is 0 Å². The average Bonchev–Trinajstić information content (AvgIpc) is 2.12.